The van der Waals surface area contributed by atoms with Crippen LogP contribution in [0.4, 0.5) is 10.1 Å². The molecule has 120 valence electrons. The minimum absolute atomic E-state index is 0.0791. The highest BCUT2D eigenvalue weighted by Gasteiger charge is 2.09. The van der Waals surface area contributed by atoms with E-state index in [0.717, 1.165) is 16.8 Å². The van der Waals surface area contributed by atoms with Crippen molar-refractivity contribution >= 4 is 17.4 Å². The SMILES string of the molecule is Cc1cccc(NC(=O)CCCC(=O)c2ccc(F)cc2)c1C. The number of hydrogen-bond donors (Lipinski definition) is 1. The Morgan fingerprint density at radius 2 is 1.70 bits per heavy atom. The molecule has 0 aliphatic rings. The number of nitrogens with one attached hydrogen (secondary N) is 1. The average molecular weight is 313 g/mol. The van der Waals surface area contributed by atoms with Crippen LogP contribution in [-0.4, -0.2) is 11.7 Å². The molecule has 0 heterocycles. The summed E-state index contributed by atoms with van der Waals surface area (Å²) in [7, 11) is 0. The number of benzene rings is 2. The van der Waals surface area contributed by atoms with Crippen LogP contribution in [0.2, 0.25) is 0 Å². The maximum Gasteiger partial charge on any atom is 0.224 e. The van der Waals surface area contributed by atoms with E-state index in [-0.39, 0.29) is 30.3 Å². The van der Waals surface area contributed by atoms with Crippen molar-refractivity contribution in [1.82, 2.24) is 0 Å². The van der Waals surface area contributed by atoms with Crippen molar-refractivity contribution in [2.24, 2.45) is 0 Å². The van der Waals surface area contributed by atoms with Crippen LogP contribution in [-0.2, 0) is 4.79 Å². The zero-order valence-electron chi connectivity index (χ0n) is 13.4. The Kier molecular flexibility index (Phi) is 5.63. The van der Waals surface area contributed by atoms with Crippen LogP contribution in [0.25, 0.3) is 0 Å². The Bertz CT molecular complexity index is 708. The summed E-state index contributed by atoms with van der Waals surface area (Å²) in [6, 6.07) is 11.2. The first-order chi connectivity index (χ1) is 11.0. The molecule has 0 unspecified atom stereocenters. The summed E-state index contributed by atoms with van der Waals surface area (Å²) in [6.45, 7) is 3.95. The monoisotopic (exact) mass is 313 g/mol. The molecule has 2 aromatic carbocycles. The molecule has 0 bridgehead atoms. The first kappa shape index (κ1) is 16.9. The van der Waals surface area contributed by atoms with Crippen molar-refractivity contribution in [3.05, 3.63) is 65.0 Å². The van der Waals surface area contributed by atoms with E-state index >= 15 is 0 Å². The van der Waals surface area contributed by atoms with Crippen molar-refractivity contribution in [3.63, 3.8) is 0 Å². The molecule has 4 heteroatoms. The van der Waals surface area contributed by atoms with Gasteiger partial charge in [-0.15, -0.1) is 0 Å². The fourth-order valence-electron chi connectivity index (χ4n) is 2.29. The van der Waals surface area contributed by atoms with E-state index in [2.05, 4.69) is 5.32 Å². The number of rotatable bonds is 6. The van der Waals surface area contributed by atoms with E-state index in [1.54, 1.807) is 0 Å². The third kappa shape index (κ3) is 4.74. The molecule has 0 atom stereocenters. The zero-order chi connectivity index (χ0) is 16.8. The molecule has 0 radical (unpaired) electrons. The molecule has 0 spiro atoms. The number of ketones is 1. The molecule has 0 saturated carbocycles. The lowest BCUT2D eigenvalue weighted by Crippen LogP contribution is -2.13. The summed E-state index contributed by atoms with van der Waals surface area (Å²) in [5.74, 6) is -0.551. The van der Waals surface area contributed by atoms with Crippen molar-refractivity contribution in [3.8, 4) is 0 Å². The van der Waals surface area contributed by atoms with E-state index in [4.69, 9.17) is 0 Å². The van der Waals surface area contributed by atoms with Crippen molar-refractivity contribution in [2.75, 3.05) is 5.32 Å². The summed E-state index contributed by atoms with van der Waals surface area (Å²) in [6.07, 6.45) is 1.01. The number of aryl methyl sites for hydroxylation is 1. The van der Waals surface area contributed by atoms with Gasteiger partial charge in [0.1, 0.15) is 5.82 Å². The van der Waals surface area contributed by atoms with Crippen LogP contribution >= 0.6 is 0 Å². The third-order valence-electron chi connectivity index (χ3n) is 3.85. The fourth-order valence-corrected chi connectivity index (χ4v) is 2.29. The van der Waals surface area contributed by atoms with Crippen LogP contribution in [0.5, 0.6) is 0 Å². The number of halogens is 1. The van der Waals surface area contributed by atoms with Gasteiger partial charge in [0, 0.05) is 24.1 Å². The van der Waals surface area contributed by atoms with Gasteiger partial charge in [0.05, 0.1) is 0 Å². The van der Waals surface area contributed by atoms with Gasteiger partial charge in [-0.25, -0.2) is 4.39 Å². The maximum atomic E-state index is 12.8. The van der Waals surface area contributed by atoms with Gasteiger partial charge in [0.15, 0.2) is 5.78 Å². The molecule has 2 aromatic rings. The van der Waals surface area contributed by atoms with Crippen molar-refractivity contribution < 1.29 is 14.0 Å². The van der Waals surface area contributed by atoms with Gasteiger partial charge in [-0.3, -0.25) is 9.59 Å². The van der Waals surface area contributed by atoms with E-state index < -0.39 is 0 Å². The number of anilines is 1. The Morgan fingerprint density at radius 1 is 1.00 bits per heavy atom. The van der Waals surface area contributed by atoms with Crippen LogP contribution in [0.1, 0.15) is 40.7 Å². The number of Topliss-reactive ketones (excluding diaryl/α,β-unsaturated/α-hetero) is 1. The molecule has 0 aliphatic heterocycles. The number of hydrogen-bond acceptors (Lipinski definition) is 2. The van der Waals surface area contributed by atoms with Gasteiger partial charge < -0.3 is 5.32 Å². The molecule has 3 nitrogen and oxygen atoms in total. The molecule has 0 fully saturated rings. The summed E-state index contributed by atoms with van der Waals surface area (Å²) >= 11 is 0. The van der Waals surface area contributed by atoms with Gasteiger partial charge in [-0.2, -0.15) is 0 Å². The average Bonchev–Trinajstić information content (AvgIpc) is 2.52. The van der Waals surface area contributed by atoms with Crippen LogP contribution in [0.15, 0.2) is 42.5 Å². The summed E-state index contributed by atoms with van der Waals surface area (Å²) in [4.78, 5) is 23.9. The number of carbonyl (C=O) groups is 2. The summed E-state index contributed by atoms with van der Waals surface area (Å²) in [5.41, 5.74) is 3.44. The second kappa shape index (κ2) is 7.68. The lowest BCUT2D eigenvalue weighted by atomic mass is 10.0. The molecule has 1 amide bonds. The molecule has 23 heavy (non-hydrogen) atoms. The predicted octanol–water partition coefficient (Wildman–Crippen LogP) is 4.43. The van der Waals surface area contributed by atoms with E-state index in [1.807, 2.05) is 32.0 Å². The molecule has 0 aromatic heterocycles. The van der Waals surface area contributed by atoms with Gasteiger partial charge in [-0.05, 0) is 61.7 Å². The Labute approximate surface area is 135 Å². The van der Waals surface area contributed by atoms with E-state index in [1.165, 1.54) is 24.3 Å². The predicted molar refractivity (Wildman–Crippen MR) is 89.1 cm³/mol. The second-order valence-electron chi connectivity index (χ2n) is 5.58. The largest absolute Gasteiger partial charge is 0.326 e. The summed E-state index contributed by atoms with van der Waals surface area (Å²) < 4.78 is 12.8. The van der Waals surface area contributed by atoms with Gasteiger partial charge in [0.25, 0.3) is 0 Å². The molecule has 2 rings (SSSR count). The number of amides is 1. The minimum atomic E-state index is -0.366. The quantitative estimate of drug-likeness (QED) is 0.802. The first-order valence-electron chi connectivity index (χ1n) is 7.62. The maximum absolute atomic E-state index is 12.8. The zero-order valence-corrected chi connectivity index (χ0v) is 13.4. The Morgan fingerprint density at radius 3 is 2.39 bits per heavy atom. The summed E-state index contributed by atoms with van der Waals surface area (Å²) in [5, 5.41) is 2.87. The number of carbonyl (C=O) groups excluding carboxylic acids is 2. The minimum Gasteiger partial charge on any atom is -0.326 e. The highest BCUT2D eigenvalue weighted by atomic mass is 19.1. The molecular formula is C19H20FNO2. The van der Waals surface area contributed by atoms with Gasteiger partial charge in [0.2, 0.25) is 5.91 Å². The van der Waals surface area contributed by atoms with Crippen LogP contribution < -0.4 is 5.32 Å². The van der Waals surface area contributed by atoms with E-state index in [0.29, 0.717) is 12.0 Å². The van der Waals surface area contributed by atoms with Crippen LogP contribution in [0, 0.1) is 19.7 Å². The highest BCUT2D eigenvalue weighted by molar-refractivity contribution is 5.96. The second-order valence-corrected chi connectivity index (χ2v) is 5.58. The first-order valence-corrected chi connectivity index (χ1v) is 7.62. The van der Waals surface area contributed by atoms with E-state index in [9.17, 15) is 14.0 Å². The van der Waals surface area contributed by atoms with Crippen molar-refractivity contribution in [2.45, 2.75) is 33.1 Å². The topological polar surface area (TPSA) is 46.2 Å². The standard InChI is InChI=1S/C19H20FNO2/c1-13-5-3-6-17(14(13)2)21-19(23)8-4-7-18(22)15-9-11-16(20)12-10-15/h3,5-6,9-12H,4,7-8H2,1-2H3,(H,21,23). The molecule has 0 aliphatic carbocycles. The smallest absolute Gasteiger partial charge is 0.224 e. The Hall–Kier alpha value is -2.49. The molecule has 0 saturated heterocycles. The lowest BCUT2D eigenvalue weighted by Gasteiger charge is -2.10. The van der Waals surface area contributed by atoms with Gasteiger partial charge in [-0.1, -0.05) is 12.1 Å². The van der Waals surface area contributed by atoms with Crippen LogP contribution in [0.3, 0.4) is 0 Å². The molecular weight excluding hydrogens is 293 g/mol. The highest BCUT2D eigenvalue weighted by Crippen LogP contribution is 2.18. The Balaban J connectivity index is 1.82. The lowest BCUT2D eigenvalue weighted by molar-refractivity contribution is -0.116. The third-order valence-corrected chi connectivity index (χ3v) is 3.85. The molecule has 1 N–H and O–H groups in total. The normalized spacial score (nSPS) is 10.4. The van der Waals surface area contributed by atoms with Crippen molar-refractivity contribution in [1.29, 1.82) is 0 Å². The van der Waals surface area contributed by atoms with Gasteiger partial charge >= 0.3 is 0 Å². The fraction of sp³-hybridized carbons (Fsp3) is 0.263.